The zero-order valence-corrected chi connectivity index (χ0v) is 20.7. The van der Waals surface area contributed by atoms with E-state index in [0.29, 0.717) is 28.7 Å². The van der Waals surface area contributed by atoms with E-state index in [1.54, 1.807) is 18.1 Å². The average molecular weight is 485 g/mol. The molecule has 1 saturated heterocycles. The first-order valence-corrected chi connectivity index (χ1v) is 12.5. The number of hydrogen-bond acceptors (Lipinski definition) is 4. The quantitative estimate of drug-likeness (QED) is 0.495. The fourth-order valence-corrected chi connectivity index (χ4v) is 5.26. The van der Waals surface area contributed by atoms with Gasteiger partial charge in [0.15, 0.2) is 11.5 Å². The third-order valence-electron chi connectivity index (χ3n) is 6.82. The minimum atomic E-state index is -0.745. The van der Waals surface area contributed by atoms with Crippen molar-refractivity contribution in [3.63, 3.8) is 0 Å². The summed E-state index contributed by atoms with van der Waals surface area (Å²) in [6, 6.07) is 12.3. The molecule has 1 heterocycles. The number of ether oxygens (including phenoxy) is 2. The van der Waals surface area contributed by atoms with Crippen molar-refractivity contribution in [2.75, 3.05) is 20.3 Å². The predicted octanol–water partition coefficient (Wildman–Crippen LogP) is 5.38. The molecule has 2 aromatic rings. The van der Waals surface area contributed by atoms with Crippen molar-refractivity contribution < 1.29 is 19.1 Å². The van der Waals surface area contributed by atoms with Gasteiger partial charge in [0.1, 0.15) is 12.6 Å². The minimum Gasteiger partial charge on any atom is -0.493 e. The van der Waals surface area contributed by atoms with Crippen LogP contribution < -0.4 is 9.47 Å². The summed E-state index contributed by atoms with van der Waals surface area (Å²) in [7, 11) is 1.58. The van der Waals surface area contributed by atoms with Crippen molar-refractivity contribution >= 4 is 23.4 Å². The van der Waals surface area contributed by atoms with Crippen LogP contribution in [0.5, 0.6) is 11.5 Å². The summed E-state index contributed by atoms with van der Waals surface area (Å²) < 4.78 is 11.2. The van der Waals surface area contributed by atoms with Crippen LogP contribution in [-0.2, 0) is 16.1 Å². The van der Waals surface area contributed by atoms with Gasteiger partial charge >= 0.3 is 0 Å². The van der Waals surface area contributed by atoms with Gasteiger partial charge in [0, 0.05) is 17.6 Å². The zero-order chi connectivity index (χ0) is 24.1. The Morgan fingerprint density at radius 3 is 2.41 bits per heavy atom. The lowest BCUT2D eigenvalue weighted by Crippen LogP contribution is -2.57. The lowest BCUT2D eigenvalue weighted by Gasteiger charge is -2.43. The first-order chi connectivity index (χ1) is 16.5. The highest BCUT2D eigenvalue weighted by Crippen LogP contribution is 2.37. The number of methoxy groups -OCH3 is 1. The summed E-state index contributed by atoms with van der Waals surface area (Å²) in [4.78, 5) is 31.0. The van der Waals surface area contributed by atoms with Crippen molar-refractivity contribution in [2.45, 2.75) is 64.1 Å². The molecule has 1 aliphatic carbocycles. The van der Waals surface area contributed by atoms with E-state index in [2.05, 4.69) is 0 Å². The zero-order valence-electron chi connectivity index (χ0n) is 20.0. The first-order valence-electron chi connectivity index (χ1n) is 12.2. The molecule has 2 aliphatic rings. The fraction of sp³-hybridized carbons (Fsp3) is 0.481. The van der Waals surface area contributed by atoms with Crippen LogP contribution in [0.15, 0.2) is 42.5 Å². The highest BCUT2D eigenvalue weighted by molar-refractivity contribution is 6.31. The molecule has 1 aliphatic heterocycles. The molecule has 34 heavy (non-hydrogen) atoms. The van der Waals surface area contributed by atoms with E-state index >= 15 is 0 Å². The van der Waals surface area contributed by atoms with E-state index < -0.39 is 6.04 Å². The Labute approximate surface area is 206 Å². The van der Waals surface area contributed by atoms with Crippen LogP contribution in [0, 0.1) is 0 Å². The van der Waals surface area contributed by atoms with Crippen molar-refractivity contribution in [2.24, 2.45) is 0 Å². The van der Waals surface area contributed by atoms with Gasteiger partial charge in [0.2, 0.25) is 5.91 Å². The molecule has 2 aromatic carbocycles. The second kappa shape index (κ2) is 11.1. The Morgan fingerprint density at radius 2 is 1.74 bits per heavy atom. The molecular formula is C27H33ClN2O4. The number of carbonyl (C=O) groups excluding carboxylic acids is 2. The average Bonchev–Trinajstić information content (AvgIpc) is 3.13. The highest BCUT2D eigenvalue weighted by Gasteiger charge is 2.43. The number of piperazine rings is 1. The number of rotatable bonds is 7. The van der Waals surface area contributed by atoms with E-state index in [1.807, 2.05) is 48.2 Å². The lowest BCUT2D eigenvalue weighted by molar-refractivity contribution is -0.159. The summed E-state index contributed by atoms with van der Waals surface area (Å²) >= 11 is 6.42. The SMILES string of the molecule is CCOc1ccc(C2C(=O)N(C3CCCCCC3)CC(=O)N2Cc2ccccc2Cl)cc1OC. The summed E-state index contributed by atoms with van der Waals surface area (Å²) in [5, 5.41) is 0.581. The van der Waals surface area contributed by atoms with Crippen molar-refractivity contribution in [1.29, 1.82) is 0 Å². The van der Waals surface area contributed by atoms with Gasteiger partial charge in [-0.25, -0.2) is 0 Å². The van der Waals surface area contributed by atoms with Crippen LogP contribution >= 0.6 is 11.6 Å². The van der Waals surface area contributed by atoms with Gasteiger partial charge in [-0.1, -0.05) is 61.5 Å². The Hall–Kier alpha value is -2.73. The van der Waals surface area contributed by atoms with E-state index in [9.17, 15) is 9.59 Å². The van der Waals surface area contributed by atoms with Crippen LogP contribution in [0.4, 0.5) is 0 Å². The molecular weight excluding hydrogens is 452 g/mol. The van der Waals surface area contributed by atoms with Crippen LogP contribution in [0.3, 0.4) is 0 Å². The summed E-state index contributed by atoms with van der Waals surface area (Å²) in [6.45, 7) is 2.79. The molecule has 0 spiro atoms. The third kappa shape index (κ3) is 5.17. The van der Waals surface area contributed by atoms with E-state index in [1.165, 1.54) is 12.8 Å². The molecule has 2 amide bonds. The van der Waals surface area contributed by atoms with Gasteiger partial charge in [-0.3, -0.25) is 9.59 Å². The van der Waals surface area contributed by atoms with Crippen molar-refractivity contribution in [3.8, 4) is 11.5 Å². The van der Waals surface area contributed by atoms with Gasteiger partial charge in [-0.2, -0.15) is 0 Å². The van der Waals surface area contributed by atoms with Crippen LogP contribution in [0.25, 0.3) is 0 Å². The molecule has 0 aromatic heterocycles. The molecule has 1 unspecified atom stereocenters. The van der Waals surface area contributed by atoms with Crippen molar-refractivity contribution in [1.82, 2.24) is 9.80 Å². The second-order valence-corrected chi connectivity index (χ2v) is 9.38. The smallest absolute Gasteiger partial charge is 0.250 e. The van der Waals surface area contributed by atoms with E-state index in [-0.39, 0.29) is 30.9 Å². The van der Waals surface area contributed by atoms with Crippen LogP contribution in [0.2, 0.25) is 5.02 Å². The Balaban J connectivity index is 1.72. The molecule has 1 atom stereocenters. The van der Waals surface area contributed by atoms with Gasteiger partial charge in [-0.05, 0) is 49.1 Å². The fourth-order valence-electron chi connectivity index (χ4n) is 5.07. The summed E-state index contributed by atoms with van der Waals surface area (Å²) in [5.74, 6) is 1.05. The number of amides is 2. The standard InChI is InChI=1S/C27H33ClN2O4/c1-3-34-23-15-14-19(16-24(23)33-2)26-27(32)29(21-11-6-4-5-7-12-21)18-25(31)30(26)17-20-10-8-9-13-22(20)28/h8-10,13-16,21,26H,3-7,11-12,17-18H2,1-2H3. The number of halogens is 1. The number of benzene rings is 2. The Kier molecular flexibility index (Phi) is 7.99. The topological polar surface area (TPSA) is 59.1 Å². The Morgan fingerprint density at radius 1 is 1.00 bits per heavy atom. The largest absolute Gasteiger partial charge is 0.493 e. The molecule has 0 bridgehead atoms. The molecule has 1 saturated carbocycles. The van der Waals surface area contributed by atoms with Crippen molar-refractivity contribution in [3.05, 3.63) is 58.6 Å². The molecule has 2 fully saturated rings. The molecule has 6 nitrogen and oxygen atoms in total. The molecule has 0 radical (unpaired) electrons. The van der Waals surface area contributed by atoms with E-state index in [4.69, 9.17) is 21.1 Å². The molecule has 0 N–H and O–H groups in total. The van der Waals surface area contributed by atoms with Crippen LogP contribution in [0.1, 0.15) is 62.6 Å². The van der Waals surface area contributed by atoms with Gasteiger partial charge in [0.25, 0.3) is 5.91 Å². The van der Waals surface area contributed by atoms with Gasteiger partial charge in [0.05, 0.1) is 13.7 Å². The monoisotopic (exact) mass is 484 g/mol. The lowest BCUT2D eigenvalue weighted by atomic mass is 9.96. The maximum atomic E-state index is 14.0. The number of nitrogens with zero attached hydrogens (tertiary/aromatic N) is 2. The first kappa shape index (κ1) is 24.4. The van der Waals surface area contributed by atoms with Gasteiger partial charge in [-0.15, -0.1) is 0 Å². The van der Waals surface area contributed by atoms with Crippen LogP contribution in [-0.4, -0.2) is 47.9 Å². The van der Waals surface area contributed by atoms with Gasteiger partial charge < -0.3 is 19.3 Å². The second-order valence-electron chi connectivity index (χ2n) is 8.97. The maximum Gasteiger partial charge on any atom is 0.250 e. The maximum absolute atomic E-state index is 14.0. The molecule has 7 heteroatoms. The summed E-state index contributed by atoms with van der Waals surface area (Å²) in [5.41, 5.74) is 1.53. The summed E-state index contributed by atoms with van der Waals surface area (Å²) in [6.07, 6.45) is 6.45. The molecule has 182 valence electrons. The number of carbonyl (C=O) groups is 2. The third-order valence-corrected chi connectivity index (χ3v) is 7.19. The van der Waals surface area contributed by atoms with E-state index in [0.717, 1.165) is 31.2 Å². The minimum absolute atomic E-state index is 0.0373. The highest BCUT2D eigenvalue weighted by atomic mass is 35.5. The predicted molar refractivity (Wildman–Crippen MR) is 132 cm³/mol. The normalized spacial score (nSPS) is 19.8. The number of hydrogen-bond donors (Lipinski definition) is 0. The molecule has 4 rings (SSSR count). The Bertz CT molecular complexity index is 1020.